The van der Waals surface area contributed by atoms with E-state index in [1.54, 1.807) is 0 Å². The molecule has 26 heavy (non-hydrogen) atoms. The highest BCUT2D eigenvalue weighted by Gasteiger charge is 2.60. The molecule has 1 aliphatic heterocycles. The van der Waals surface area contributed by atoms with Crippen molar-refractivity contribution in [2.45, 2.75) is 77.8 Å². The van der Waals surface area contributed by atoms with E-state index in [1.807, 2.05) is 24.9 Å². The molecule has 1 N–H and O–H groups in total. The van der Waals surface area contributed by atoms with E-state index in [0.717, 1.165) is 18.8 Å². The molecule has 4 heteroatoms. The lowest BCUT2D eigenvalue weighted by Crippen LogP contribution is -2.60. The van der Waals surface area contributed by atoms with E-state index in [9.17, 15) is 9.59 Å². The normalized spacial score (nSPS) is 47.2. The van der Waals surface area contributed by atoms with E-state index in [-0.39, 0.29) is 22.6 Å². The number of hydrogen-bond acceptors (Lipinski definition) is 2. The van der Waals surface area contributed by atoms with Crippen molar-refractivity contribution >= 4 is 11.8 Å². The molecule has 144 valence electrons. The third kappa shape index (κ3) is 2.40. The van der Waals surface area contributed by atoms with Crippen LogP contribution in [0.15, 0.2) is 12.2 Å². The predicted octanol–water partition coefficient (Wildman–Crippen LogP) is 3.52. The maximum absolute atomic E-state index is 12.2. The topological polar surface area (TPSA) is 49.4 Å². The molecule has 4 aliphatic rings. The molecular weight excluding hydrogens is 324 g/mol. The number of rotatable bonds is 2. The molecule has 4 rings (SSSR count). The van der Waals surface area contributed by atoms with E-state index >= 15 is 0 Å². The van der Waals surface area contributed by atoms with Crippen molar-refractivity contribution < 1.29 is 9.59 Å². The second-order valence-corrected chi connectivity index (χ2v) is 9.71. The Balaban J connectivity index is 1.60. The molecule has 4 nitrogen and oxygen atoms in total. The van der Waals surface area contributed by atoms with Crippen molar-refractivity contribution in [2.24, 2.45) is 28.6 Å². The van der Waals surface area contributed by atoms with Crippen LogP contribution in [0, 0.1) is 28.6 Å². The third-order valence-electron chi connectivity index (χ3n) is 8.78. The first-order chi connectivity index (χ1) is 12.3. The largest absolute Gasteiger partial charge is 0.353 e. The molecule has 0 spiro atoms. The lowest BCUT2D eigenvalue weighted by atomic mass is 9.48. The minimum Gasteiger partial charge on any atom is -0.353 e. The maximum Gasteiger partial charge on any atom is 0.246 e. The number of nitrogens with zero attached hydrogens (tertiary/aromatic N) is 1. The minimum atomic E-state index is 0.109. The van der Waals surface area contributed by atoms with Gasteiger partial charge in [-0.05, 0) is 67.8 Å². The highest BCUT2D eigenvalue weighted by molar-refractivity contribution is 5.89. The molecule has 0 aromatic carbocycles. The van der Waals surface area contributed by atoms with Crippen LogP contribution in [-0.4, -0.2) is 35.8 Å². The highest BCUT2D eigenvalue weighted by atomic mass is 16.2. The Morgan fingerprint density at radius 2 is 1.96 bits per heavy atom. The Bertz CT molecular complexity index is 644. The van der Waals surface area contributed by atoms with Gasteiger partial charge in [0.05, 0.1) is 0 Å². The van der Waals surface area contributed by atoms with E-state index in [1.165, 1.54) is 25.7 Å². The number of likely N-dealkylation sites (N-methyl/N-ethyl adjacent to an activating group) is 1. The van der Waals surface area contributed by atoms with E-state index in [0.29, 0.717) is 30.3 Å². The van der Waals surface area contributed by atoms with Gasteiger partial charge in [0, 0.05) is 31.0 Å². The number of nitrogens with one attached hydrogen (secondary N) is 1. The monoisotopic (exact) mass is 358 g/mol. The van der Waals surface area contributed by atoms with Crippen LogP contribution in [0.25, 0.3) is 0 Å². The van der Waals surface area contributed by atoms with Crippen molar-refractivity contribution in [2.75, 3.05) is 7.05 Å². The van der Waals surface area contributed by atoms with Gasteiger partial charge >= 0.3 is 0 Å². The van der Waals surface area contributed by atoms with Crippen molar-refractivity contribution in [3.05, 3.63) is 12.2 Å². The van der Waals surface area contributed by atoms with Crippen LogP contribution in [0.4, 0.5) is 0 Å². The Labute approximate surface area is 157 Å². The first kappa shape index (κ1) is 18.1. The standard InChI is InChI=1S/C22H34N2O2/c1-5-19(25)23-17-8-7-15-14-6-9-18-22(3,13-11-20(26)24(18)4)16(14)10-12-21(15,17)2/h11,13-18H,5-10,12H2,1-4H3,(H,23,25)/t14-,15-,16-,17-,18+,21-,22+/m0/s1. The highest BCUT2D eigenvalue weighted by Crippen LogP contribution is 2.63. The molecule has 3 fully saturated rings. The fourth-order valence-corrected chi connectivity index (χ4v) is 7.27. The molecule has 3 saturated carbocycles. The lowest BCUT2D eigenvalue weighted by molar-refractivity contribution is -0.138. The van der Waals surface area contributed by atoms with E-state index < -0.39 is 0 Å². The Morgan fingerprint density at radius 1 is 1.19 bits per heavy atom. The van der Waals surface area contributed by atoms with Gasteiger partial charge in [-0.15, -0.1) is 0 Å². The lowest BCUT2D eigenvalue weighted by Gasteiger charge is -2.60. The van der Waals surface area contributed by atoms with Crippen molar-refractivity contribution in [3.63, 3.8) is 0 Å². The van der Waals surface area contributed by atoms with Crippen LogP contribution in [0.1, 0.15) is 65.7 Å². The zero-order valence-electron chi connectivity index (χ0n) is 16.8. The first-order valence-corrected chi connectivity index (χ1v) is 10.6. The average Bonchev–Trinajstić information content (AvgIpc) is 2.95. The summed E-state index contributed by atoms with van der Waals surface area (Å²) in [5.41, 5.74) is 0.354. The van der Waals surface area contributed by atoms with Gasteiger partial charge in [-0.1, -0.05) is 26.8 Å². The summed E-state index contributed by atoms with van der Waals surface area (Å²) in [6.45, 7) is 6.76. The zero-order chi connectivity index (χ0) is 18.7. The van der Waals surface area contributed by atoms with E-state index in [4.69, 9.17) is 0 Å². The first-order valence-electron chi connectivity index (χ1n) is 10.6. The van der Waals surface area contributed by atoms with E-state index in [2.05, 4.69) is 25.2 Å². The summed E-state index contributed by atoms with van der Waals surface area (Å²) in [5.74, 6) is 2.45. The molecule has 2 amide bonds. The summed E-state index contributed by atoms with van der Waals surface area (Å²) in [4.78, 5) is 26.2. The molecule has 3 aliphatic carbocycles. The summed E-state index contributed by atoms with van der Waals surface area (Å²) >= 11 is 0. The van der Waals surface area contributed by atoms with Crippen LogP contribution in [-0.2, 0) is 9.59 Å². The van der Waals surface area contributed by atoms with Gasteiger partial charge in [0.2, 0.25) is 11.8 Å². The minimum absolute atomic E-state index is 0.109. The summed E-state index contributed by atoms with van der Waals surface area (Å²) < 4.78 is 0. The van der Waals surface area contributed by atoms with Gasteiger partial charge in [0.25, 0.3) is 0 Å². The number of carbonyl (C=O) groups excluding carboxylic acids is 2. The molecular formula is C22H34N2O2. The molecule has 0 aromatic rings. The van der Waals surface area contributed by atoms with Gasteiger partial charge in [-0.3, -0.25) is 9.59 Å². The van der Waals surface area contributed by atoms with Gasteiger partial charge in [-0.25, -0.2) is 0 Å². The molecule has 0 bridgehead atoms. The zero-order valence-corrected chi connectivity index (χ0v) is 16.8. The van der Waals surface area contributed by atoms with Crippen LogP contribution in [0.2, 0.25) is 0 Å². The Kier molecular flexibility index (Phi) is 4.24. The fraction of sp³-hybridized carbons (Fsp3) is 0.818. The van der Waals surface area contributed by atoms with Crippen LogP contribution in [0.3, 0.4) is 0 Å². The molecule has 0 unspecified atom stereocenters. The summed E-state index contributed by atoms with van der Waals surface area (Å²) in [6, 6.07) is 0.695. The van der Waals surface area contributed by atoms with Crippen LogP contribution < -0.4 is 5.32 Å². The molecule has 7 atom stereocenters. The molecule has 1 heterocycles. The number of hydrogen-bond donors (Lipinski definition) is 1. The third-order valence-corrected chi connectivity index (χ3v) is 8.78. The number of carbonyl (C=O) groups is 2. The maximum atomic E-state index is 12.2. The summed E-state index contributed by atoms with van der Waals surface area (Å²) in [5, 5.41) is 3.34. The second-order valence-electron chi connectivity index (χ2n) is 9.71. The van der Waals surface area contributed by atoms with Crippen LogP contribution >= 0.6 is 0 Å². The van der Waals surface area contributed by atoms with Crippen LogP contribution in [0.5, 0.6) is 0 Å². The SMILES string of the molecule is CCC(=O)N[C@H]1CC[C@H]2[C@@H]3CC[C@H]4N(C)C(=O)C=C[C@]4(C)[C@H]3CC[C@]12C. The van der Waals surface area contributed by atoms with Crippen molar-refractivity contribution in [1.29, 1.82) is 0 Å². The Morgan fingerprint density at radius 3 is 2.69 bits per heavy atom. The average molecular weight is 359 g/mol. The second kappa shape index (κ2) is 6.10. The quantitative estimate of drug-likeness (QED) is 0.821. The summed E-state index contributed by atoms with van der Waals surface area (Å²) in [7, 11) is 1.98. The molecule has 0 aromatic heterocycles. The van der Waals surface area contributed by atoms with Crippen molar-refractivity contribution in [3.8, 4) is 0 Å². The van der Waals surface area contributed by atoms with Gasteiger partial charge in [-0.2, -0.15) is 0 Å². The number of fused-ring (bicyclic) bond motifs is 5. The Hall–Kier alpha value is -1.32. The molecule has 0 radical (unpaired) electrons. The summed E-state index contributed by atoms with van der Waals surface area (Å²) in [6.07, 6.45) is 11.8. The smallest absolute Gasteiger partial charge is 0.246 e. The van der Waals surface area contributed by atoms with Gasteiger partial charge < -0.3 is 10.2 Å². The molecule has 0 saturated heterocycles. The number of amides is 2. The predicted molar refractivity (Wildman–Crippen MR) is 102 cm³/mol. The van der Waals surface area contributed by atoms with Crippen molar-refractivity contribution in [1.82, 2.24) is 10.2 Å². The van der Waals surface area contributed by atoms with Gasteiger partial charge in [0.1, 0.15) is 0 Å². The van der Waals surface area contributed by atoms with Gasteiger partial charge in [0.15, 0.2) is 0 Å². The fourth-order valence-electron chi connectivity index (χ4n) is 7.27.